The highest BCUT2D eigenvalue weighted by Crippen LogP contribution is 2.23. The summed E-state index contributed by atoms with van der Waals surface area (Å²) < 4.78 is 15.0. The lowest BCUT2D eigenvalue weighted by molar-refractivity contribution is -0.148. The molecule has 0 bridgehead atoms. The molecule has 0 aliphatic carbocycles. The van der Waals surface area contributed by atoms with Crippen molar-refractivity contribution in [2.24, 2.45) is 0 Å². The van der Waals surface area contributed by atoms with Crippen molar-refractivity contribution in [1.82, 2.24) is 0 Å². The monoisotopic (exact) mass is 248 g/mol. The zero-order valence-electron chi connectivity index (χ0n) is 10.0. The van der Waals surface area contributed by atoms with Gasteiger partial charge in [0.15, 0.2) is 0 Å². The van der Waals surface area contributed by atoms with Crippen molar-refractivity contribution in [3.05, 3.63) is 41.5 Å². The maximum absolute atomic E-state index is 11.5. The van der Waals surface area contributed by atoms with E-state index >= 15 is 0 Å². The molecule has 18 heavy (non-hydrogen) atoms. The van der Waals surface area contributed by atoms with Gasteiger partial charge in [0, 0.05) is 11.6 Å². The van der Waals surface area contributed by atoms with Crippen LogP contribution in [0.15, 0.2) is 35.9 Å². The molecule has 0 unspecified atom stereocenters. The van der Waals surface area contributed by atoms with E-state index < -0.39 is 18.2 Å². The molecule has 2 rings (SSSR count). The standard InChI is InChI=1S/C13H12O5/c1-8-7-11(18-12(8)14)17-10-6-4-3-5-9(10)13(15)16-2/h3-7,11H,1-2H3/t11-/m0/s1. The fourth-order valence-corrected chi connectivity index (χ4v) is 1.54. The van der Waals surface area contributed by atoms with Gasteiger partial charge in [-0.15, -0.1) is 0 Å². The molecule has 0 saturated carbocycles. The molecule has 0 spiro atoms. The SMILES string of the molecule is COC(=O)c1ccccc1O[C@@H]1C=C(C)C(=O)O1. The highest BCUT2D eigenvalue weighted by Gasteiger charge is 2.25. The summed E-state index contributed by atoms with van der Waals surface area (Å²) in [5.74, 6) is -0.612. The van der Waals surface area contributed by atoms with Gasteiger partial charge in [0.05, 0.1) is 7.11 Å². The van der Waals surface area contributed by atoms with Crippen LogP contribution in [0.4, 0.5) is 0 Å². The second kappa shape index (κ2) is 4.91. The van der Waals surface area contributed by atoms with Crippen LogP contribution in [-0.4, -0.2) is 25.3 Å². The first kappa shape index (κ1) is 12.2. The normalized spacial score (nSPS) is 18.0. The lowest BCUT2D eigenvalue weighted by Gasteiger charge is -2.13. The Morgan fingerprint density at radius 2 is 2.06 bits per heavy atom. The number of esters is 2. The molecule has 1 aromatic rings. The average molecular weight is 248 g/mol. The van der Waals surface area contributed by atoms with E-state index in [1.165, 1.54) is 7.11 Å². The van der Waals surface area contributed by atoms with Crippen LogP contribution in [0.2, 0.25) is 0 Å². The number of hydrogen-bond acceptors (Lipinski definition) is 5. The Morgan fingerprint density at radius 1 is 1.33 bits per heavy atom. The summed E-state index contributed by atoms with van der Waals surface area (Å²) in [4.78, 5) is 22.7. The molecule has 5 nitrogen and oxygen atoms in total. The minimum absolute atomic E-state index is 0.286. The van der Waals surface area contributed by atoms with E-state index in [-0.39, 0.29) is 5.56 Å². The Hall–Kier alpha value is -2.30. The lowest BCUT2D eigenvalue weighted by atomic mass is 10.2. The summed E-state index contributed by atoms with van der Waals surface area (Å²) in [5, 5.41) is 0. The first-order chi connectivity index (χ1) is 8.61. The number of carbonyl (C=O) groups excluding carboxylic acids is 2. The molecule has 1 aliphatic heterocycles. The fourth-order valence-electron chi connectivity index (χ4n) is 1.54. The average Bonchev–Trinajstić information content (AvgIpc) is 2.68. The number of benzene rings is 1. The second-order valence-corrected chi connectivity index (χ2v) is 3.73. The van der Waals surface area contributed by atoms with Crippen molar-refractivity contribution < 1.29 is 23.8 Å². The van der Waals surface area contributed by atoms with Crippen LogP contribution in [0, 0.1) is 0 Å². The van der Waals surface area contributed by atoms with E-state index in [1.54, 1.807) is 37.3 Å². The minimum atomic E-state index is -0.802. The first-order valence-corrected chi connectivity index (χ1v) is 5.35. The quantitative estimate of drug-likeness (QED) is 0.761. The van der Waals surface area contributed by atoms with Gasteiger partial charge in [-0.05, 0) is 19.1 Å². The smallest absolute Gasteiger partial charge is 0.341 e. The topological polar surface area (TPSA) is 61.8 Å². The Morgan fingerprint density at radius 3 is 2.67 bits per heavy atom. The van der Waals surface area contributed by atoms with Crippen LogP contribution in [-0.2, 0) is 14.3 Å². The van der Waals surface area contributed by atoms with Crippen LogP contribution in [0.5, 0.6) is 5.75 Å². The third kappa shape index (κ3) is 2.34. The van der Waals surface area contributed by atoms with Crippen molar-refractivity contribution in [3.8, 4) is 5.75 Å². The Bertz CT molecular complexity index is 518. The number of methoxy groups -OCH3 is 1. The Balaban J connectivity index is 2.20. The number of hydrogen-bond donors (Lipinski definition) is 0. The third-order valence-electron chi connectivity index (χ3n) is 2.47. The molecule has 0 radical (unpaired) electrons. The molecule has 1 aliphatic rings. The van der Waals surface area contributed by atoms with E-state index in [4.69, 9.17) is 9.47 Å². The molecule has 0 N–H and O–H groups in total. The summed E-state index contributed by atoms with van der Waals surface area (Å²) in [7, 11) is 1.29. The summed E-state index contributed by atoms with van der Waals surface area (Å²) in [5.41, 5.74) is 0.768. The summed E-state index contributed by atoms with van der Waals surface area (Å²) in [6.07, 6.45) is 0.749. The highest BCUT2D eigenvalue weighted by molar-refractivity contribution is 5.92. The van der Waals surface area contributed by atoms with Gasteiger partial charge in [0.1, 0.15) is 11.3 Å². The van der Waals surface area contributed by atoms with Gasteiger partial charge in [0.2, 0.25) is 0 Å². The van der Waals surface area contributed by atoms with E-state index in [0.717, 1.165) is 0 Å². The zero-order chi connectivity index (χ0) is 13.1. The molecule has 0 saturated heterocycles. The summed E-state index contributed by atoms with van der Waals surface area (Å²) >= 11 is 0. The highest BCUT2D eigenvalue weighted by atomic mass is 16.7. The van der Waals surface area contributed by atoms with Crippen molar-refractivity contribution >= 4 is 11.9 Å². The molecule has 1 heterocycles. The molecule has 5 heteroatoms. The molecule has 0 fully saturated rings. The van der Waals surface area contributed by atoms with E-state index in [0.29, 0.717) is 11.3 Å². The summed E-state index contributed by atoms with van der Waals surface area (Å²) in [6, 6.07) is 6.60. The van der Waals surface area contributed by atoms with Crippen LogP contribution < -0.4 is 4.74 Å². The zero-order valence-corrected chi connectivity index (χ0v) is 10.0. The van der Waals surface area contributed by atoms with Crippen LogP contribution in [0.3, 0.4) is 0 Å². The van der Waals surface area contributed by atoms with E-state index in [1.807, 2.05) is 0 Å². The van der Waals surface area contributed by atoms with Crippen LogP contribution in [0.1, 0.15) is 17.3 Å². The van der Waals surface area contributed by atoms with Crippen LogP contribution >= 0.6 is 0 Å². The van der Waals surface area contributed by atoms with Gasteiger partial charge in [-0.1, -0.05) is 12.1 Å². The van der Waals surface area contributed by atoms with Gasteiger partial charge in [0.25, 0.3) is 6.29 Å². The Kier molecular flexibility index (Phi) is 3.32. The number of rotatable bonds is 3. The number of carbonyl (C=O) groups is 2. The molecular weight excluding hydrogens is 236 g/mol. The fraction of sp³-hybridized carbons (Fsp3) is 0.231. The molecule has 0 amide bonds. The number of ether oxygens (including phenoxy) is 3. The summed E-state index contributed by atoms with van der Waals surface area (Å²) in [6.45, 7) is 1.64. The largest absolute Gasteiger partial charge is 0.465 e. The van der Waals surface area contributed by atoms with Crippen molar-refractivity contribution in [2.45, 2.75) is 13.2 Å². The van der Waals surface area contributed by atoms with Crippen molar-refractivity contribution in [3.63, 3.8) is 0 Å². The van der Waals surface area contributed by atoms with Gasteiger partial charge in [-0.2, -0.15) is 0 Å². The van der Waals surface area contributed by atoms with Crippen LogP contribution in [0.25, 0.3) is 0 Å². The Labute approximate surface area is 104 Å². The lowest BCUT2D eigenvalue weighted by Crippen LogP contribution is -2.17. The van der Waals surface area contributed by atoms with Gasteiger partial charge < -0.3 is 14.2 Å². The minimum Gasteiger partial charge on any atom is -0.465 e. The molecule has 1 aromatic carbocycles. The van der Waals surface area contributed by atoms with E-state index in [2.05, 4.69) is 4.74 Å². The predicted octanol–water partition coefficient (Wildman–Crippen LogP) is 1.68. The van der Waals surface area contributed by atoms with Gasteiger partial charge in [-0.25, -0.2) is 9.59 Å². The molecular formula is C13H12O5. The third-order valence-corrected chi connectivity index (χ3v) is 2.47. The molecule has 1 atom stereocenters. The van der Waals surface area contributed by atoms with Crippen molar-refractivity contribution in [2.75, 3.05) is 7.11 Å². The number of cyclic esters (lactones) is 1. The maximum atomic E-state index is 11.5. The predicted molar refractivity (Wildman–Crippen MR) is 62.0 cm³/mol. The van der Waals surface area contributed by atoms with Gasteiger partial charge >= 0.3 is 11.9 Å². The molecule has 0 aromatic heterocycles. The first-order valence-electron chi connectivity index (χ1n) is 5.35. The van der Waals surface area contributed by atoms with Crippen molar-refractivity contribution in [1.29, 1.82) is 0 Å². The maximum Gasteiger partial charge on any atom is 0.341 e. The second-order valence-electron chi connectivity index (χ2n) is 3.73. The van der Waals surface area contributed by atoms with Gasteiger partial charge in [-0.3, -0.25) is 0 Å². The van der Waals surface area contributed by atoms with E-state index in [9.17, 15) is 9.59 Å². The number of para-hydroxylation sites is 1. The molecule has 94 valence electrons.